The smallest absolute Gasteiger partial charge is 0.341 e. The molecule has 0 aliphatic rings. The van der Waals surface area contributed by atoms with Gasteiger partial charge in [0.25, 0.3) is 0 Å². The summed E-state index contributed by atoms with van der Waals surface area (Å²) in [7, 11) is 0. The number of hydrogen-bond acceptors (Lipinski definition) is 2. The van der Waals surface area contributed by atoms with Gasteiger partial charge in [-0.1, -0.05) is 26.2 Å². The van der Waals surface area contributed by atoms with Crippen molar-refractivity contribution in [3.05, 3.63) is 29.3 Å². The van der Waals surface area contributed by atoms with Crippen LogP contribution in [0, 0.1) is 11.6 Å². The fraction of sp³-hybridized carbons (Fsp3) is 0.533. The Labute approximate surface area is 117 Å². The summed E-state index contributed by atoms with van der Waals surface area (Å²) in [5.74, 6) is -3.84. The van der Waals surface area contributed by atoms with Crippen molar-refractivity contribution in [2.45, 2.75) is 52.1 Å². The van der Waals surface area contributed by atoms with E-state index in [9.17, 15) is 13.6 Å². The van der Waals surface area contributed by atoms with Gasteiger partial charge in [-0.25, -0.2) is 13.6 Å². The first-order valence-electron chi connectivity index (χ1n) is 6.84. The molecule has 1 rings (SSSR count). The van der Waals surface area contributed by atoms with Gasteiger partial charge < -0.3 is 9.84 Å². The molecule has 1 unspecified atom stereocenters. The van der Waals surface area contributed by atoms with Crippen LogP contribution in [0.2, 0.25) is 0 Å². The maximum absolute atomic E-state index is 13.5. The largest absolute Gasteiger partial charge is 0.491 e. The van der Waals surface area contributed by atoms with E-state index in [1.165, 1.54) is 0 Å². The summed E-state index contributed by atoms with van der Waals surface area (Å²) in [6.45, 7) is 3.95. The van der Waals surface area contributed by atoms with Crippen LogP contribution in [0.25, 0.3) is 0 Å². The minimum Gasteiger partial charge on any atom is -0.491 e. The van der Waals surface area contributed by atoms with Crippen LogP contribution in [-0.4, -0.2) is 17.2 Å². The molecule has 0 fully saturated rings. The molecule has 0 bridgehead atoms. The Kier molecular flexibility index (Phi) is 6.42. The third kappa shape index (κ3) is 4.79. The third-order valence-corrected chi connectivity index (χ3v) is 3.03. The molecule has 20 heavy (non-hydrogen) atoms. The van der Waals surface area contributed by atoms with Crippen LogP contribution in [-0.2, 0) is 0 Å². The van der Waals surface area contributed by atoms with Gasteiger partial charge in [-0.05, 0) is 19.8 Å². The van der Waals surface area contributed by atoms with Gasteiger partial charge in [0.15, 0.2) is 0 Å². The van der Waals surface area contributed by atoms with E-state index >= 15 is 0 Å². The zero-order valence-electron chi connectivity index (χ0n) is 11.8. The van der Waals surface area contributed by atoms with Crippen molar-refractivity contribution in [3.63, 3.8) is 0 Å². The lowest BCUT2D eigenvalue weighted by molar-refractivity contribution is 0.0686. The Morgan fingerprint density at radius 1 is 1.25 bits per heavy atom. The molecule has 0 aliphatic heterocycles. The van der Waals surface area contributed by atoms with E-state index in [0.717, 1.165) is 44.2 Å². The summed E-state index contributed by atoms with van der Waals surface area (Å²) in [6, 6.07) is 1.82. The first-order chi connectivity index (χ1) is 9.45. The third-order valence-electron chi connectivity index (χ3n) is 3.03. The van der Waals surface area contributed by atoms with Crippen LogP contribution >= 0.6 is 0 Å². The van der Waals surface area contributed by atoms with Gasteiger partial charge >= 0.3 is 5.97 Å². The number of aromatic carboxylic acids is 1. The zero-order valence-corrected chi connectivity index (χ0v) is 11.8. The molecule has 0 heterocycles. The number of hydrogen-bond donors (Lipinski definition) is 1. The van der Waals surface area contributed by atoms with Crippen molar-refractivity contribution < 1.29 is 23.4 Å². The topological polar surface area (TPSA) is 46.5 Å². The second-order valence-electron chi connectivity index (χ2n) is 4.84. The maximum Gasteiger partial charge on any atom is 0.341 e. The maximum atomic E-state index is 13.5. The zero-order chi connectivity index (χ0) is 15.1. The fourth-order valence-corrected chi connectivity index (χ4v) is 1.97. The molecule has 1 aromatic rings. The second kappa shape index (κ2) is 7.82. The van der Waals surface area contributed by atoms with Crippen molar-refractivity contribution in [2.75, 3.05) is 0 Å². The number of ether oxygens (including phenoxy) is 1. The average Bonchev–Trinajstić information content (AvgIpc) is 2.33. The number of carboxylic acids is 1. The molecule has 0 spiro atoms. The molecule has 1 atom stereocenters. The van der Waals surface area contributed by atoms with E-state index in [-0.39, 0.29) is 11.9 Å². The number of carbonyl (C=O) groups is 1. The summed E-state index contributed by atoms with van der Waals surface area (Å²) >= 11 is 0. The van der Waals surface area contributed by atoms with Crippen molar-refractivity contribution in [2.24, 2.45) is 0 Å². The molecule has 0 amide bonds. The highest BCUT2D eigenvalue weighted by Crippen LogP contribution is 2.22. The summed E-state index contributed by atoms with van der Waals surface area (Å²) in [6.07, 6.45) is 5.02. The van der Waals surface area contributed by atoms with E-state index < -0.39 is 23.2 Å². The van der Waals surface area contributed by atoms with Gasteiger partial charge in [0.05, 0.1) is 6.10 Å². The number of halogens is 2. The number of carboxylic acid groups (broad SMARTS) is 1. The van der Waals surface area contributed by atoms with E-state index in [2.05, 4.69) is 6.92 Å². The Morgan fingerprint density at radius 2 is 1.85 bits per heavy atom. The predicted molar refractivity (Wildman–Crippen MR) is 72.2 cm³/mol. The highest BCUT2D eigenvalue weighted by Gasteiger charge is 2.18. The fourth-order valence-electron chi connectivity index (χ4n) is 1.97. The van der Waals surface area contributed by atoms with Crippen LogP contribution in [0.3, 0.4) is 0 Å². The molecule has 0 saturated carbocycles. The lowest BCUT2D eigenvalue weighted by Crippen LogP contribution is -2.13. The van der Waals surface area contributed by atoms with Crippen LogP contribution < -0.4 is 4.74 Å². The molecular weight excluding hydrogens is 266 g/mol. The van der Waals surface area contributed by atoms with Gasteiger partial charge in [-0.2, -0.15) is 0 Å². The average molecular weight is 286 g/mol. The number of rotatable bonds is 8. The van der Waals surface area contributed by atoms with E-state index in [4.69, 9.17) is 9.84 Å². The molecule has 1 N–H and O–H groups in total. The van der Waals surface area contributed by atoms with Crippen molar-refractivity contribution in [1.82, 2.24) is 0 Å². The first-order valence-corrected chi connectivity index (χ1v) is 6.84. The lowest BCUT2D eigenvalue weighted by atomic mass is 10.1. The minimum absolute atomic E-state index is 0.0213. The summed E-state index contributed by atoms with van der Waals surface area (Å²) in [4.78, 5) is 10.7. The Balaban J connectivity index is 2.62. The van der Waals surface area contributed by atoms with E-state index in [1.54, 1.807) is 0 Å². The van der Waals surface area contributed by atoms with Gasteiger partial charge in [-0.15, -0.1) is 0 Å². The first kappa shape index (κ1) is 16.4. The Hall–Kier alpha value is -1.65. The van der Waals surface area contributed by atoms with Gasteiger partial charge in [0, 0.05) is 12.1 Å². The molecule has 0 aromatic heterocycles. The molecule has 0 aliphatic carbocycles. The van der Waals surface area contributed by atoms with Gasteiger partial charge in [-0.3, -0.25) is 0 Å². The molecule has 0 saturated heterocycles. The summed E-state index contributed by atoms with van der Waals surface area (Å²) < 4.78 is 32.3. The monoisotopic (exact) mass is 286 g/mol. The van der Waals surface area contributed by atoms with Crippen LogP contribution in [0.1, 0.15) is 56.3 Å². The van der Waals surface area contributed by atoms with Crippen molar-refractivity contribution >= 4 is 5.97 Å². The van der Waals surface area contributed by atoms with Crippen molar-refractivity contribution in [3.8, 4) is 5.75 Å². The SMILES string of the molecule is CCCCCCC(C)Oc1cc(F)c(C(=O)O)c(F)c1. The van der Waals surface area contributed by atoms with Crippen LogP contribution in [0.15, 0.2) is 12.1 Å². The van der Waals surface area contributed by atoms with E-state index in [1.807, 2.05) is 6.92 Å². The molecule has 112 valence electrons. The highest BCUT2D eigenvalue weighted by atomic mass is 19.1. The lowest BCUT2D eigenvalue weighted by Gasteiger charge is -2.15. The normalized spacial score (nSPS) is 12.2. The standard InChI is InChI=1S/C15H20F2O3/c1-3-4-5-6-7-10(2)20-11-8-12(16)14(15(18)19)13(17)9-11/h8-10H,3-7H2,1-2H3,(H,18,19). The molecule has 0 radical (unpaired) electrons. The minimum atomic E-state index is -1.63. The molecule has 5 heteroatoms. The quantitative estimate of drug-likeness (QED) is 0.720. The molecular formula is C15H20F2O3. The summed E-state index contributed by atoms with van der Waals surface area (Å²) in [5.41, 5.74) is -0.951. The van der Waals surface area contributed by atoms with Crippen LogP contribution in [0.5, 0.6) is 5.75 Å². The molecule has 3 nitrogen and oxygen atoms in total. The molecule has 1 aromatic carbocycles. The number of unbranched alkanes of at least 4 members (excludes halogenated alkanes) is 3. The van der Waals surface area contributed by atoms with Crippen LogP contribution in [0.4, 0.5) is 8.78 Å². The van der Waals surface area contributed by atoms with Gasteiger partial charge in [0.2, 0.25) is 0 Å². The van der Waals surface area contributed by atoms with Crippen molar-refractivity contribution in [1.29, 1.82) is 0 Å². The number of benzene rings is 1. The highest BCUT2D eigenvalue weighted by molar-refractivity contribution is 5.88. The predicted octanol–water partition coefficient (Wildman–Crippen LogP) is 4.40. The Morgan fingerprint density at radius 3 is 2.35 bits per heavy atom. The Bertz CT molecular complexity index is 437. The summed E-state index contributed by atoms with van der Waals surface area (Å²) in [5, 5.41) is 8.67. The van der Waals surface area contributed by atoms with Gasteiger partial charge in [0.1, 0.15) is 22.9 Å². The second-order valence-corrected chi connectivity index (χ2v) is 4.84. The van der Waals surface area contributed by atoms with E-state index in [0.29, 0.717) is 0 Å².